The monoisotopic (exact) mass is 703 g/mol. The van der Waals surface area contributed by atoms with E-state index < -0.39 is 0 Å². The van der Waals surface area contributed by atoms with Gasteiger partial charge >= 0.3 is 0 Å². The van der Waals surface area contributed by atoms with E-state index in [1.807, 2.05) is 24.3 Å². The van der Waals surface area contributed by atoms with Gasteiger partial charge in [-0.05, 0) is 98.8 Å². The largest absolute Gasteiger partial charge is 0.456 e. The summed E-state index contributed by atoms with van der Waals surface area (Å²) in [5.41, 5.74) is 13.7. The normalized spacial score (nSPS) is 11.6. The standard InChI is InChI=1S/C52H33NO2/c1-2-11-35(12-3-1)42-19-9-13-36-14-10-20-43(52(36)42)38-16-8-15-37(31-38)34-23-25-39(26-24-34)53(40-27-29-46-44-17-4-6-21-48(44)54-50(46)32-40)41-28-30-47-45-18-5-7-22-49(45)55-51(47)33-41/h1-33H. The molecule has 3 nitrogen and oxygen atoms in total. The lowest BCUT2D eigenvalue weighted by molar-refractivity contribution is 0.669. The van der Waals surface area contributed by atoms with Crippen LogP contribution in [0.15, 0.2) is 209 Å². The van der Waals surface area contributed by atoms with Crippen LogP contribution in [0.1, 0.15) is 0 Å². The van der Waals surface area contributed by atoms with E-state index in [9.17, 15) is 0 Å². The Balaban J connectivity index is 1.01. The van der Waals surface area contributed by atoms with E-state index in [0.29, 0.717) is 0 Å². The summed E-state index contributed by atoms with van der Waals surface area (Å²) in [6.07, 6.45) is 0. The number of fused-ring (bicyclic) bond motifs is 7. The Bertz CT molecular complexity index is 3090. The third kappa shape index (κ3) is 5.28. The summed E-state index contributed by atoms with van der Waals surface area (Å²) in [6, 6.07) is 71.0. The van der Waals surface area contributed by atoms with E-state index >= 15 is 0 Å². The van der Waals surface area contributed by atoms with Crippen LogP contribution in [0, 0.1) is 0 Å². The molecule has 0 aliphatic carbocycles. The average molecular weight is 704 g/mol. The summed E-state index contributed by atoms with van der Waals surface area (Å²) in [7, 11) is 0. The molecule has 0 spiro atoms. The van der Waals surface area contributed by atoms with Gasteiger partial charge in [0.15, 0.2) is 0 Å². The van der Waals surface area contributed by atoms with Crippen LogP contribution in [0.3, 0.4) is 0 Å². The predicted molar refractivity (Wildman–Crippen MR) is 229 cm³/mol. The molecule has 0 atom stereocenters. The van der Waals surface area contributed by atoms with Crippen molar-refractivity contribution in [1.82, 2.24) is 0 Å². The van der Waals surface area contributed by atoms with Gasteiger partial charge in [0.1, 0.15) is 22.3 Å². The highest BCUT2D eigenvalue weighted by Gasteiger charge is 2.18. The molecule has 2 aromatic heterocycles. The molecule has 0 aliphatic rings. The minimum absolute atomic E-state index is 0.853. The fourth-order valence-corrected chi connectivity index (χ4v) is 8.26. The van der Waals surface area contributed by atoms with Crippen LogP contribution >= 0.6 is 0 Å². The van der Waals surface area contributed by atoms with Crippen molar-refractivity contribution < 1.29 is 8.83 Å². The number of rotatable bonds is 6. The molecule has 0 aliphatic heterocycles. The molecule has 9 aromatic carbocycles. The van der Waals surface area contributed by atoms with Gasteiger partial charge in [0, 0.05) is 50.7 Å². The molecule has 0 saturated carbocycles. The average Bonchev–Trinajstić information content (AvgIpc) is 3.82. The summed E-state index contributed by atoms with van der Waals surface area (Å²) < 4.78 is 12.7. The van der Waals surface area contributed by atoms with Gasteiger partial charge in [0.2, 0.25) is 0 Å². The Hall–Kier alpha value is -7.36. The van der Waals surface area contributed by atoms with Crippen molar-refractivity contribution in [3.05, 3.63) is 200 Å². The first-order valence-corrected chi connectivity index (χ1v) is 18.7. The smallest absolute Gasteiger partial charge is 0.137 e. The van der Waals surface area contributed by atoms with Gasteiger partial charge in [-0.25, -0.2) is 0 Å². The summed E-state index contributed by atoms with van der Waals surface area (Å²) >= 11 is 0. The zero-order chi connectivity index (χ0) is 36.3. The van der Waals surface area contributed by atoms with E-state index in [1.165, 1.54) is 33.0 Å². The van der Waals surface area contributed by atoms with Crippen molar-refractivity contribution in [3.63, 3.8) is 0 Å². The molecule has 11 rings (SSSR count). The first-order chi connectivity index (χ1) is 27.2. The van der Waals surface area contributed by atoms with Crippen LogP contribution in [0.4, 0.5) is 17.1 Å². The van der Waals surface area contributed by atoms with E-state index in [1.54, 1.807) is 0 Å². The molecule has 258 valence electrons. The highest BCUT2D eigenvalue weighted by atomic mass is 16.3. The number of anilines is 3. The molecule has 0 N–H and O–H groups in total. The van der Waals surface area contributed by atoms with Crippen LogP contribution < -0.4 is 4.90 Å². The molecular weight excluding hydrogens is 671 g/mol. The van der Waals surface area contributed by atoms with Gasteiger partial charge in [0.05, 0.1) is 0 Å². The number of hydrogen-bond donors (Lipinski definition) is 0. The van der Waals surface area contributed by atoms with Gasteiger partial charge in [-0.3, -0.25) is 0 Å². The van der Waals surface area contributed by atoms with E-state index in [-0.39, 0.29) is 0 Å². The SMILES string of the molecule is c1ccc(-c2cccc3cccc(-c4cccc(-c5ccc(N(c6ccc7c(c6)oc6ccccc67)c6ccc7c(c6)oc6ccccc67)cc5)c4)c23)cc1. The quantitative estimate of drug-likeness (QED) is 0.173. The minimum atomic E-state index is 0.853. The maximum atomic E-state index is 6.36. The second kappa shape index (κ2) is 12.6. The summed E-state index contributed by atoms with van der Waals surface area (Å²) in [5, 5.41) is 6.93. The first kappa shape index (κ1) is 31.2. The predicted octanol–water partition coefficient (Wildman–Crippen LogP) is 15.1. The Labute approximate surface area is 317 Å². The second-order valence-corrected chi connectivity index (χ2v) is 14.1. The first-order valence-electron chi connectivity index (χ1n) is 18.7. The van der Waals surface area contributed by atoms with Crippen molar-refractivity contribution >= 4 is 71.7 Å². The van der Waals surface area contributed by atoms with E-state index in [4.69, 9.17) is 8.83 Å². The lowest BCUT2D eigenvalue weighted by Crippen LogP contribution is -2.09. The third-order valence-corrected chi connectivity index (χ3v) is 10.9. The van der Waals surface area contributed by atoms with E-state index in [2.05, 4.69) is 181 Å². The summed E-state index contributed by atoms with van der Waals surface area (Å²) in [6.45, 7) is 0. The van der Waals surface area contributed by atoms with Crippen molar-refractivity contribution in [2.75, 3.05) is 4.90 Å². The summed E-state index contributed by atoms with van der Waals surface area (Å²) in [4.78, 5) is 2.28. The molecule has 0 bridgehead atoms. The zero-order valence-corrected chi connectivity index (χ0v) is 29.8. The summed E-state index contributed by atoms with van der Waals surface area (Å²) in [5.74, 6) is 0. The Morgan fingerprint density at radius 1 is 0.291 bits per heavy atom. The number of benzene rings is 9. The molecule has 0 unspecified atom stereocenters. The van der Waals surface area contributed by atoms with Gasteiger partial charge < -0.3 is 13.7 Å². The molecule has 55 heavy (non-hydrogen) atoms. The second-order valence-electron chi connectivity index (χ2n) is 14.1. The number of hydrogen-bond acceptors (Lipinski definition) is 3. The van der Waals surface area contributed by atoms with Gasteiger partial charge in [-0.15, -0.1) is 0 Å². The van der Waals surface area contributed by atoms with Crippen LogP contribution in [0.2, 0.25) is 0 Å². The van der Waals surface area contributed by atoms with Crippen LogP contribution in [0.25, 0.3) is 88.0 Å². The molecule has 0 radical (unpaired) electrons. The highest BCUT2D eigenvalue weighted by molar-refractivity contribution is 6.09. The molecule has 2 heterocycles. The van der Waals surface area contributed by atoms with Crippen LogP contribution in [-0.2, 0) is 0 Å². The Kier molecular flexibility index (Phi) is 7.17. The van der Waals surface area contributed by atoms with Gasteiger partial charge in [-0.2, -0.15) is 0 Å². The van der Waals surface area contributed by atoms with Crippen molar-refractivity contribution in [2.24, 2.45) is 0 Å². The van der Waals surface area contributed by atoms with Crippen molar-refractivity contribution in [1.29, 1.82) is 0 Å². The number of para-hydroxylation sites is 2. The lowest BCUT2D eigenvalue weighted by Gasteiger charge is -2.25. The fourth-order valence-electron chi connectivity index (χ4n) is 8.26. The number of furan rings is 2. The molecule has 0 fully saturated rings. The van der Waals surface area contributed by atoms with Gasteiger partial charge in [0.25, 0.3) is 0 Å². The highest BCUT2D eigenvalue weighted by Crippen LogP contribution is 2.42. The number of nitrogens with zero attached hydrogens (tertiary/aromatic N) is 1. The molecule has 0 amide bonds. The van der Waals surface area contributed by atoms with Crippen LogP contribution in [-0.4, -0.2) is 0 Å². The molecule has 3 heteroatoms. The Morgan fingerprint density at radius 3 is 1.42 bits per heavy atom. The third-order valence-electron chi connectivity index (χ3n) is 10.9. The maximum absolute atomic E-state index is 6.36. The molecule has 11 aromatic rings. The lowest BCUT2D eigenvalue weighted by atomic mass is 9.90. The minimum Gasteiger partial charge on any atom is -0.456 e. The zero-order valence-electron chi connectivity index (χ0n) is 29.8. The fraction of sp³-hybridized carbons (Fsp3) is 0. The maximum Gasteiger partial charge on any atom is 0.137 e. The molecular formula is C52H33NO2. The van der Waals surface area contributed by atoms with E-state index in [0.717, 1.165) is 72.1 Å². The Morgan fingerprint density at radius 2 is 0.782 bits per heavy atom. The van der Waals surface area contributed by atoms with Gasteiger partial charge in [-0.1, -0.05) is 133 Å². The molecule has 0 saturated heterocycles. The topological polar surface area (TPSA) is 29.5 Å². The van der Waals surface area contributed by atoms with Crippen LogP contribution in [0.5, 0.6) is 0 Å². The van der Waals surface area contributed by atoms with Crippen molar-refractivity contribution in [3.8, 4) is 33.4 Å². The van der Waals surface area contributed by atoms with Crippen molar-refractivity contribution in [2.45, 2.75) is 0 Å².